The van der Waals surface area contributed by atoms with Gasteiger partial charge in [0.25, 0.3) is 0 Å². The highest BCUT2D eigenvalue weighted by Crippen LogP contribution is 2.20. The first-order valence-corrected chi connectivity index (χ1v) is 6.52. The van der Waals surface area contributed by atoms with Crippen LogP contribution in [0.2, 0.25) is 0 Å². The molecule has 0 aromatic heterocycles. The third kappa shape index (κ3) is 2.81. The minimum atomic E-state index is -1.93. The van der Waals surface area contributed by atoms with Crippen LogP contribution in [0.3, 0.4) is 0 Å². The minimum absolute atomic E-state index is 0.538. The molecule has 0 spiro atoms. The monoisotopic (exact) mass is 246 g/mol. The molecule has 0 amide bonds. The highest BCUT2D eigenvalue weighted by molar-refractivity contribution is 7.79. The van der Waals surface area contributed by atoms with Crippen LogP contribution in [0.5, 0.6) is 0 Å². The van der Waals surface area contributed by atoms with Crippen LogP contribution < -0.4 is 0 Å². The molecule has 2 aromatic rings. The Hall–Kier alpha value is -1.45. The van der Waals surface area contributed by atoms with Crippen LogP contribution >= 0.6 is 0 Å². The molecule has 17 heavy (non-hydrogen) atoms. The predicted octanol–water partition coefficient (Wildman–Crippen LogP) is 3.17. The molecule has 3 heteroatoms. The van der Waals surface area contributed by atoms with Gasteiger partial charge in [0.05, 0.1) is 4.90 Å². The smallest absolute Gasteiger partial charge is 0.187 e. The van der Waals surface area contributed by atoms with Crippen LogP contribution in [0.4, 0.5) is 0 Å². The summed E-state index contributed by atoms with van der Waals surface area (Å²) >= 11 is -1.93. The molecule has 0 aliphatic carbocycles. The second kappa shape index (κ2) is 5.25. The van der Waals surface area contributed by atoms with Crippen LogP contribution in [0.1, 0.15) is 16.7 Å². The normalized spacial score (nSPS) is 12.4. The molecule has 2 rings (SSSR count). The van der Waals surface area contributed by atoms with Gasteiger partial charge in [-0.25, -0.2) is 4.21 Å². The van der Waals surface area contributed by atoms with Crippen molar-refractivity contribution in [3.63, 3.8) is 0 Å². The lowest BCUT2D eigenvalue weighted by molar-refractivity contribution is 0.562. The van der Waals surface area contributed by atoms with Gasteiger partial charge in [-0.15, -0.1) is 0 Å². The Balaban J connectivity index is 2.40. The fourth-order valence-corrected chi connectivity index (χ4v) is 2.63. The van der Waals surface area contributed by atoms with Gasteiger partial charge in [0.2, 0.25) is 0 Å². The third-order valence-electron chi connectivity index (χ3n) is 2.71. The summed E-state index contributed by atoms with van der Waals surface area (Å²) in [5.74, 6) is 0. The van der Waals surface area contributed by atoms with Crippen LogP contribution in [0, 0.1) is 6.92 Å². The summed E-state index contributed by atoms with van der Waals surface area (Å²) < 4.78 is 20.7. The molecule has 0 radical (unpaired) electrons. The molecule has 0 aliphatic heterocycles. The summed E-state index contributed by atoms with van der Waals surface area (Å²) in [4.78, 5) is 0.538. The molecule has 0 bridgehead atoms. The molecule has 0 saturated carbocycles. The van der Waals surface area contributed by atoms with Gasteiger partial charge in [0.15, 0.2) is 11.1 Å². The summed E-state index contributed by atoms with van der Waals surface area (Å²) in [7, 11) is 0. The van der Waals surface area contributed by atoms with E-state index in [1.165, 1.54) is 0 Å². The first-order chi connectivity index (χ1) is 8.18. The zero-order chi connectivity index (χ0) is 12.3. The van der Waals surface area contributed by atoms with E-state index >= 15 is 0 Å². The summed E-state index contributed by atoms with van der Waals surface area (Å²) in [6.45, 7) is 1.86. The molecule has 1 N–H and O–H groups in total. The van der Waals surface area contributed by atoms with E-state index in [1.54, 1.807) is 0 Å². The maximum absolute atomic E-state index is 11.3. The second-order valence-corrected chi connectivity index (χ2v) is 4.88. The topological polar surface area (TPSA) is 37.3 Å². The predicted molar refractivity (Wildman–Crippen MR) is 69.5 cm³/mol. The van der Waals surface area contributed by atoms with Gasteiger partial charge in [-0.1, -0.05) is 48.5 Å². The summed E-state index contributed by atoms with van der Waals surface area (Å²) in [6, 6.07) is 15.6. The Labute approximate surface area is 104 Å². The van der Waals surface area contributed by atoms with Gasteiger partial charge < -0.3 is 4.55 Å². The molecule has 0 aliphatic rings. The van der Waals surface area contributed by atoms with Gasteiger partial charge in [-0.05, 0) is 30.0 Å². The van der Waals surface area contributed by atoms with E-state index < -0.39 is 11.1 Å². The van der Waals surface area contributed by atoms with Crippen LogP contribution in [-0.4, -0.2) is 8.76 Å². The molecule has 2 nitrogen and oxygen atoms in total. The van der Waals surface area contributed by atoms with Gasteiger partial charge >= 0.3 is 0 Å². The molecule has 88 valence electrons. The Morgan fingerprint density at radius 1 is 1.06 bits per heavy atom. The maximum atomic E-state index is 11.3. The Bertz CT molecular complexity index is 535. The van der Waals surface area contributed by atoms with E-state index in [0.717, 1.165) is 16.7 Å². The van der Waals surface area contributed by atoms with Crippen molar-refractivity contribution >= 4 is 11.1 Å². The molecule has 2 aromatic carbocycles. The summed E-state index contributed by atoms with van der Waals surface area (Å²) in [6.07, 6.45) is 0.685. The lowest BCUT2D eigenvalue weighted by Crippen LogP contribution is -2.00. The van der Waals surface area contributed by atoms with Crippen molar-refractivity contribution in [2.75, 3.05) is 0 Å². The van der Waals surface area contributed by atoms with Crippen LogP contribution in [0.25, 0.3) is 0 Å². The van der Waals surface area contributed by atoms with E-state index in [1.807, 2.05) is 55.5 Å². The molecular formula is C14H14O2S. The lowest BCUT2D eigenvalue weighted by Gasteiger charge is -2.09. The van der Waals surface area contributed by atoms with Crippen molar-refractivity contribution in [3.05, 3.63) is 65.2 Å². The molecule has 1 atom stereocenters. The van der Waals surface area contributed by atoms with Gasteiger partial charge in [-0.2, -0.15) is 0 Å². The van der Waals surface area contributed by atoms with Crippen molar-refractivity contribution < 1.29 is 8.76 Å². The quantitative estimate of drug-likeness (QED) is 0.845. The van der Waals surface area contributed by atoms with Gasteiger partial charge in [0, 0.05) is 0 Å². The fraction of sp³-hybridized carbons (Fsp3) is 0.143. The molecule has 0 fully saturated rings. The van der Waals surface area contributed by atoms with E-state index in [0.29, 0.717) is 11.3 Å². The standard InChI is InChI=1S/C14H14O2S/c1-11-6-5-9-13(14(11)17(15)16)10-12-7-3-2-4-8-12/h2-9H,10H2,1H3,(H,15,16). The van der Waals surface area contributed by atoms with Crippen LogP contribution in [-0.2, 0) is 17.5 Å². The molecule has 0 saturated heterocycles. The zero-order valence-electron chi connectivity index (χ0n) is 9.59. The van der Waals surface area contributed by atoms with Crippen LogP contribution in [0.15, 0.2) is 53.4 Å². The first kappa shape index (κ1) is 12.0. The number of rotatable bonds is 3. The maximum Gasteiger partial charge on any atom is 0.187 e. The molecule has 1 unspecified atom stereocenters. The van der Waals surface area contributed by atoms with E-state index in [9.17, 15) is 8.76 Å². The minimum Gasteiger partial charge on any atom is -0.302 e. The number of benzene rings is 2. The van der Waals surface area contributed by atoms with Gasteiger partial charge in [-0.3, -0.25) is 0 Å². The van der Waals surface area contributed by atoms with Crippen molar-refractivity contribution in [2.24, 2.45) is 0 Å². The second-order valence-electron chi connectivity index (χ2n) is 3.97. The van der Waals surface area contributed by atoms with E-state index in [2.05, 4.69) is 0 Å². The summed E-state index contributed by atoms with van der Waals surface area (Å²) in [5.41, 5.74) is 2.92. The van der Waals surface area contributed by atoms with E-state index in [-0.39, 0.29) is 0 Å². The molecular weight excluding hydrogens is 232 g/mol. The fourth-order valence-electron chi connectivity index (χ4n) is 1.92. The number of hydrogen-bond acceptors (Lipinski definition) is 1. The Kier molecular flexibility index (Phi) is 3.71. The first-order valence-electron chi connectivity index (χ1n) is 5.42. The van der Waals surface area contributed by atoms with Crippen molar-refractivity contribution in [3.8, 4) is 0 Å². The zero-order valence-corrected chi connectivity index (χ0v) is 10.4. The number of aryl methyl sites for hydroxylation is 1. The SMILES string of the molecule is Cc1cccc(Cc2ccccc2)c1S(=O)O. The third-order valence-corrected chi connectivity index (χ3v) is 3.64. The van der Waals surface area contributed by atoms with Crippen molar-refractivity contribution in [1.82, 2.24) is 0 Å². The summed E-state index contributed by atoms with van der Waals surface area (Å²) in [5, 5.41) is 0. The molecule has 0 heterocycles. The Morgan fingerprint density at radius 3 is 2.41 bits per heavy atom. The average molecular weight is 246 g/mol. The van der Waals surface area contributed by atoms with Gasteiger partial charge in [0.1, 0.15) is 0 Å². The Morgan fingerprint density at radius 2 is 1.76 bits per heavy atom. The average Bonchev–Trinajstić information content (AvgIpc) is 2.30. The van der Waals surface area contributed by atoms with Crippen molar-refractivity contribution in [2.45, 2.75) is 18.2 Å². The highest BCUT2D eigenvalue weighted by Gasteiger charge is 2.11. The largest absolute Gasteiger partial charge is 0.302 e. The van der Waals surface area contributed by atoms with Crippen molar-refractivity contribution in [1.29, 1.82) is 0 Å². The highest BCUT2D eigenvalue weighted by atomic mass is 32.2. The number of hydrogen-bond donors (Lipinski definition) is 1. The lowest BCUT2D eigenvalue weighted by atomic mass is 10.0. The van der Waals surface area contributed by atoms with E-state index in [4.69, 9.17) is 0 Å².